The van der Waals surface area contributed by atoms with Crippen LogP contribution in [-0.4, -0.2) is 40.2 Å². The second-order valence-corrected chi connectivity index (χ2v) is 10.3. The molecule has 210 valence electrons. The summed E-state index contributed by atoms with van der Waals surface area (Å²) in [6, 6.07) is 6.47. The Bertz CT molecular complexity index is 996. The number of allylic oxidation sites excluding steroid dienone is 5. The number of benzene rings is 1. The minimum atomic E-state index is 0. The van der Waals surface area contributed by atoms with Gasteiger partial charge in [0.2, 0.25) is 0 Å². The Morgan fingerprint density at radius 2 is 1.81 bits per heavy atom. The second-order valence-electron chi connectivity index (χ2n) is 9.05. The van der Waals surface area contributed by atoms with E-state index < -0.39 is 0 Å². The molecule has 37 heavy (non-hydrogen) atoms. The first kappa shape index (κ1) is 37.0. The van der Waals surface area contributed by atoms with Gasteiger partial charge in [-0.1, -0.05) is 77.1 Å². The van der Waals surface area contributed by atoms with Crippen LogP contribution >= 0.6 is 11.8 Å². The molecule has 6 heteroatoms. The zero-order valence-electron chi connectivity index (χ0n) is 23.8. The van der Waals surface area contributed by atoms with E-state index in [1.165, 1.54) is 69.3 Å². The van der Waals surface area contributed by atoms with Crippen LogP contribution in [-0.2, 0) is 0 Å². The first-order valence-corrected chi connectivity index (χ1v) is 14.5. The topological polar surface area (TPSA) is 119 Å². The average molecular weight is 533 g/mol. The van der Waals surface area contributed by atoms with Crippen molar-refractivity contribution in [2.45, 2.75) is 79.6 Å². The predicted molar refractivity (Wildman–Crippen MR) is 168 cm³/mol. The molecule has 0 aliphatic carbocycles. The van der Waals surface area contributed by atoms with Gasteiger partial charge in [0.1, 0.15) is 0 Å². The summed E-state index contributed by atoms with van der Waals surface area (Å²) in [5, 5.41) is 5.83. The number of fused-ring (bicyclic) bond motifs is 1. The number of nitrogens with zero attached hydrogens (tertiary/aromatic N) is 1. The van der Waals surface area contributed by atoms with Crippen LogP contribution in [0.5, 0.6) is 0 Å². The molecule has 0 amide bonds. The Morgan fingerprint density at radius 1 is 1.11 bits per heavy atom. The minimum Gasteiger partial charge on any atom is -0.412 e. The highest BCUT2D eigenvalue weighted by molar-refractivity contribution is 7.99. The smallest absolute Gasteiger partial charge is 0.0429 e. The minimum absolute atomic E-state index is 0. The summed E-state index contributed by atoms with van der Waals surface area (Å²) < 4.78 is 0. The fourth-order valence-corrected chi connectivity index (χ4v) is 5.34. The highest BCUT2D eigenvalue weighted by Gasteiger charge is 2.12. The largest absolute Gasteiger partial charge is 0.412 e. The van der Waals surface area contributed by atoms with E-state index in [2.05, 4.69) is 87.1 Å². The molecular weight excluding hydrogens is 480 g/mol. The lowest BCUT2D eigenvalue weighted by molar-refractivity contribution is 0.668. The number of aliphatic imine (C=N–C) groups is 1. The first-order chi connectivity index (χ1) is 16.6. The van der Waals surface area contributed by atoms with E-state index in [0.29, 0.717) is 5.92 Å². The van der Waals surface area contributed by atoms with Crippen molar-refractivity contribution in [1.29, 1.82) is 0 Å². The highest BCUT2D eigenvalue weighted by atomic mass is 32.2. The summed E-state index contributed by atoms with van der Waals surface area (Å²) in [6.07, 6.45) is 17.3. The van der Waals surface area contributed by atoms with Crippen molar-refractivity contribution in [3.63, 3.8) is 0 Å². The molecule has 0 saturated carbocycles. The van der Waals surface area contributed by atoms with Crippen LogP contribution in [0.4, 0.5) is 0 Å². The first-order valence-electron chi connectivity index (χ1n) is 13.3. The van der Waals surface area contributed by atoms with Gasteiger partial charge in [-0.05, 0) is 83.6 Å². The molecule has 1 unspecified atom stereocenters. The van der Waals surface area contributed by atoms with Crippen LogP contribution in [0.15, 0.2) is 53.2 Å². The Labute approximate surface area is 229 Å². The van der Waals surface area contributed by atoms with Gasteiger partial charge in [0.25, 0.3) is 0 Å². The van der Waals surface area contributed by atoms with E-state index in [1.54, 1.807) is 0 Å². The molecule has 3 aliphatic rings. The molecule has 5 nitrogen and oxygen atoms in total. The lowest BCUT2D eigenvalue weighted by Crippen LogP contribution is -2.35. The van der Waals surface area contributed by atoms with Gasteiger partial charge in [-0.3, -0.25) is 4.99 Å². The van der Waals surface area contributed by atoms with Crippen molar-refractivity contribution in [2.24, 2.45) is 10.9 Å². The van der Waals surface area contributed by atoms with Crippen LogP contribution in [0.2, 0.25) is 0 Å². The van der Waals surface area contributed by atoms with Crippen LogP contribution < -0.4 is 15.8 Å². The molecule has 1 aromatic rings. The molecule has 0 spiro atoms. The molecule has 1 fully saturated rings. The Kier molecular flexibility index (Phi) is 20.9. The van der Waals surface area contributed by atoms with Crippen LogP contribution in [0.25, 0.3) is 17.8 Å². The van der Waals surface area contributed by atoms with E-state index >= 15 is 0 Å². The van der Waals surface area contributed by atoms with Crippen molar-refractivity contribution in [3.8, 4) is 0 Å². The number of hydrogen-bond donors (Lipinski definition) is 1. The molecule has 1 atom stereocenters. The number of thioether (sulfide) groups is 1. The van der Waals surface area contributed by atoms with E-state index in [1.807, 2.05) is 13.8 Å². The molecule has 7 N–H and O–H groups in total. The van der Waals surface area contributed by atoms with Gasteiger partial charge in [-0.25, -0.2) is 0 Å². The third-order valence-electron chi connectivity index (χ3n) is 6.34. The molecule has 0 bridgehead atoms. The molecular formula is C31H52N2O3S. The maximum absolute atomic E-state index is 5.06. The quantitative estimate of drug-likeness (QED) is 0.600. The molecule has 0 radical (unpaired) electrons. The van der Waals surface area contributed by atoms with Gasteiger partial charge in [0.05, 0.1) is 0 Å². The molecule has 4 rings (SSSR count). The normalized spacial score (nSPS) is 20.8. The van der Waals surface area contributed by atoms with Crippen LogP contribution in [0.3, 0.4) is 0 Å². The third kappa shape index (κ3) is 12.3. The zero-order valence-corrected chi connectivity index (χ0v) is 24.6. The van der Waals surface area contributed by atoms with E-state index in [-0.39, 0.29) is 16.4 Å². The average Bonchev–Trinajstić information content (AvgIpc) is 2.96. The van der Waals surface area contributed by atoms with Gasteiger partial charge in [-0.15, -0.1) is 0 Å². The fraction of sp³-hybridized carbons (Fsp3) is 0.516. The maximum Gasteiger partial charge on any atom is 0.0429 e. The molecule has 0 aromatic heterocycles. The lowest BCUT2D eigenvalue weighted by Gasteiger charge is -2.14. The van der Waals surface area contributed by atoms with Crippen molar-refractivity contribution in [1.82, 2.24) is 5.32 Å². The molecule has 1 saturated heterocycles. The third-order valence-corrected chi connectivity index (χ3v) is 7.50. The molecule has 1 aromatic carbocycles. The van der Waals surface area contributed by atoms with Gasteiger partial charge >= 0.3 is 0 Å². The Balaban J connectivity index is 0. The van der Waals surface area contributed by atoms with Crippen molar-refractivity contribution >= 4 is 35.3 Å². The Hall–Kier alpha value is -2.12. The highest BCUT2D eigenvalue weighted by Crippen LogP contribution is 2.23. The summed E-state index contributed by atoms with van der Waals surface area (Å²) in [6.45, 7) is 16.0. The Morgan fingerprint density at radius 3 is 2.41 bits per heavy atom. The maximum atomic E-state index is 5.06. The van der Waals surface area contributed by atoms with Crippen molar-refractivity contribution in [2.75, 3.05) is 18.1 Å². The van der Waals surface area contributed by atoms with Crippen LogP contribution in [0.1, 0.15) is 85.1 Å². The molecule has 3 aliphatic heterocycles. The number of rotatable bonds is 4. The number of hydrogen-bond acceptors (Lipinski definition) is 3. The number of nitrogens with one attached hydrogen (secondary N) is 1. The van der Waals surface area contributed by atoms with Crippen LogP contribution in [0, 0.1) is 5.92 Å². The summed E-state index contributed by atoms with van der Waals surface area (Å²) in [5.74, 6) is 3.41. The van der Waals surface area contributed by atoms with Crippen molar-refractivity contribution < 1.29 is 16.4 Å². The van der Waals surface area contributed by atoms with Gasteiger partial charge in [0.15, 0.2) is 0 Å². The van der Waals surface area contributed by atoms with Gasteiger partial charge in [0, 0.05) is 30.6 Å². The predicted octanol–water partition coefficient (Wildman–Crippen LogP) is 4.78. The SMILES string of the molecule is C1CCSCC1.C=C(CC1=N/C(CC)=C(C)/C=C\C(C)CC1)c1cccc2c1=CCNC=2.CC.O.O.O. The van der Waals surface area contributed by atoms with Gasteiger partial charge < -0.3 is 21.7 Å². The fourth-order valence-electron chi connectivity index (χ4n) is 4.32. The summed E-state index contributed by atoms with van der Waals surface area (Å²) in [5.41, 5.74) is 6.18. The van der Waals surface area contributed by atoms with E-state index in [9.17, 15) is 0 Å². The van der Waals surface area contributed by atoms with Crippen molar-refractivity contribution in [3.05, 3.63) is 64.2 Å². The lowest BCUT2D eigenvalue weighted by atomic mass is 9.94. The standard InChI is InChI=1S/C24H30N2.C5H10S.C2H6.3H2O/c1-5-24-18(3)11-9-17(2)10-12-21(26-24)15-19(4)22-8-6-7-20-16-25-14-13-23(20)22;1-2-4-6-5-3-1;1-2;;;/h6-9,11,13,16-17,25H,4-5,10,12,14-15H2,1-3H3;1-5H2;1-2H3;3*1H2/b11-9-,24-18+,26-21?;;;;;. The molecule has 3 heterocycles. The monoisotopic (exact) mass is 532 g/mol. The zero-order chi connectivity index (χ0) is 24.8. The van der Waals surface area contributed by atoms with E-state index in [0.717, 1.165) is 32.2 Å². The summed E-state index contributed by atoms with van der Waals surface area (Å²) >= 11 is 2.09. The second kappa shape index (κ2) is 20.9. The summed E-state index contributed by atoms with van der Waals surface area (Å²) in [7, 11) is 0. The van der Waals surface area contributed by atoms with E-state index in [4.69, 9.17) is 4.99 Å². The summed E-state index contributed by atoms with van der Waals surface area (Å²) in [4.78, 5) is 5.06. The van der Waals surface area contributed by atoms with Gasteiger partial charge in [-0.2, -0.15) is 11.8 Å².